The Kier molecular flexibility index (Phi) is 6.44. The molecule has 1 aromatic carbocycles. The second-order valence-corrected chi connectivity index (χ2v) is 5.49. The van der Waals surface area contributed by atoms with E-state index < -0.39 is 11.8 Å². The van der Waals surface area contributed by atoms with E-state index in [4.69, 9.17) is 4.74 Å². The molecule has 1 aromatic heterocycles. The van der Waals surface area contributed by atoms with E-state index in [0.29, 0.717) is 11.3 Å². The fourth-order valence-electron chi connectivity index (χ4n) is 1.77. The number of nitrogens with zero attached hydrogens (tertiary/aromatic N) is 2. The molecule has 0 saturated heterocycles. The van der Waals surface area contributed by atoms with Crippen LogP contribution in [0.2, 0.25) is 0 Å². The van der Waals surface area contributed by atoms with Crippen LogP contribution in [0.3, 0.4) is 0 Å². The lowest BCUT2D eigenvalue weighted by Crippen LogP contribution is -2.35. The van der Waals surface area contributed by atoms with Crippen LogP contribution in [0, 0.1) is 0 Å². The number of hydrogen-bond acceptors (Lipinski definition) is 5. The van der Waals surface area contributed by atoms with Gasteiger partial charge in [0, 0.05) is 16.2 Å². The Labute approximate surface area is 147 Å². The molecular formula is C16H15BrN4O3. The van der Waals surface area contributed by atoms with Gasteiger partial charge in [-0.1, -0.05) is 22.0 Å². The van der Waals surface area contributed by atoms with Crippen LogP contribution in [0.15, 0.2) is 52.2 Å². The summed E-state index contributed by atoms with van der Waals surface area (Å²) < 4.78 is 6.06. The summed E-state index contributed by atoms with van der Waals surface area (Å²) in [6.07, 6.45) is 2.97. The number of amides is 2. The van der Waals surface area contributed by atoms with E-state index in [0.717, 1.165) is 4.47 Å². The maximum atomic E-state index is 11.8. The van der Waals surface area contributed by atoms with Gasteiger partial charge in [0.05, 0.1) is 19.9 Å². The molecule has 8 heteroatoms. The molecule has 0 atom stereocenters. The van der Waals surface area contributed by atoms with Crippen molar-refractivity contribution in [2.24, 2.45) is 5.10 Å². The van der Waals surface area contributed by atoms with Gasteiger partial charge in [-0.3, -0.25) is 14.6 Å². The van der Waals surface area contributed by atoms with E-state index in [-0.39, 0.29) is 12.2 Å². The SMILES string of the molecule is COc1ccc(Br)cc1C=NNC(=O)CNC(=O)c1ccccn1. The monoisotopic (exact) mass is 390 g/mol. The van der Waals surface area contributed by atoms with Crippen LogP contribution in [0.1, 0.15) is 16.1 Å². The fraction of sp³-hybridized carbons (Fsp3) is 0.125. The van der Waals surface area contributed by atoms with E-state index in [1.54, 1.807) is 37.4 Å². The highest BCUT2D eigenvalue weighted by molar-refractivity contribution is 9.10. The third kappa shape index (κ3) is 5.17. The molecule has 0 saturated carbocycles. The zero-order chi connectivity index (χ0) is 17.4. The van der Waals surface area contributed by atoms with Crippen molar-refractivity contribution in [3.05, 3.63) is 58.3 Å². The van der Waals surface area contributed by atoms with Gasteiger partial charge in [0.2, 0.25) is 0 Å². The van der Waals surface area contributed by atoms with Crippen molar-refractivity contribution < 1.29 is 14.3 Å². The zero-order valence-electron chi connectivity index (χ0n) is 12.8. The van der Waals surface area contributed by atoms with Crippen LogP contribution in [0.4, 0.5) is 0 Å². The van der Waals surface area contributed by atoms with Gasteiger partial charge in [0.1, 0.15) is 11.4 Å². The fourth-order valence-corrected chi connectivity index (χ4v) is 2.15. The maximum Gasteiger partial charge on any atom is 0.270 e. The van der Waals surface area contributed by atoms with Gasteiger partial charge < -0.3 is 10.1 Å². The molecule has 0 radical (unpaired) electrons. The Morgan fingerprint density at radius 3 is 2.88 bits per heavy atom. The van der Waals surface area contributed by atoms with Crippen LogP contribution in [-0.2, 0) is 4.79 Å². The normalized spacial score (nSPS) is 10.4. The van der Waals surface area contributed by atoms with Gasteiger partial charge in [0.15, 0.2) is 0 Å². The minimum absolute atomic E-state index is 0.206. The maximum absolute atomic E-state index is 11.8. The molecule has 0 aliphatic rings. The number of pyridine rings is 1. The molecule has 124 valence electrons. The van der Waals surface area contributed by atoms with Gasteiger partial charge in [-0.25, -0.2) is 5.43 Å². The summed E-state index contributed by atoms with van der Waals surface area (Å²) in [6, 6.07) is 10.4. The van der Waals surface area contributed by atoms with E-state index >= 15 is 0 Å². The number of carbonyl (C=O) groups is 2. The second-order valence-electron chi connectivity index (χ2n) is 4.58. The number of rotatable bonds is 6. The summed E-state index contributed by atoms with van der Waals surface area (Å²) in [5.41, 5.74) is 3.28. The van der Waals surface area contributed by atoms with Gasteiger partial charge in [-0.2, -0.15) is 5.10 Å². The molecule has 7 nitrogen and oxygen atoms in total. The van der Waals surface area contributed by atoms with Crippen molar-refractivity contribution in [2.45, 2.75) is 0 Å². The van der Waals surface area contributed by atoms with Crippen molar-refractivity contribution in [1.82, 2.24) is 15.7 Å². The number of nitrogens with one attached hydrogen (secondary N) is 2. The minimum atomic E-state index is -0.454. The number of halogens is 1. The number of carbonyl (C=O) groups excluding carboxylic acids is 2. The van der Waals surface area contributed by atoms with Crippen molar-refractivity contribution in [2.75, 3.05) is 13.7 Å². The number of aromatic nitrogens is 1. The first-order valence-corrected chi connectivity index (χ1v) is 7.74. The third-order valence-corrected chi connectivity index (χ3v) is 3.38. The molecule has 0 fully saturated rings. The van der Waals surface area contributed by atoms with Gasteiger partial charge in [0.25, 0.3) is 11.8 Å². The van der Waals surface area contributed by atoms with Gasteiger partial charge >= 0.3 is 0 Å². The lowest BCUT2D eigenvalue weighted by molar-refractivity contribution is -0.120. The molecule has 2 aromatic rings. The zero-order valence-corrected chi connectivity index (χ0v) is 14.4. The molecule has 0 bridgehead atoms. The van der Waals surface area contributed by atoms with Crippen LogP contribution < -0.4 is 15.5 Å². The van der Waals surface area contributed by atoms with Crippen LogP contribution >= 0.6 is 15.9 Å². The average Bonchev–Trinajstić information content (AvgIpc) is 2.60. The molecule has 24 heavy (non-hydrogen) atoms. The van der Waals surface area contributed by atoms with Crippen LogP contribution in [0.25, 0.3) is 0 Å². The van der Waals surface area contributed by atoms with Crippen LogP contribution in [-0.4, -0.2) is 36.7 Å². The van der Waals surface area contributed by atoms with Crippen molar-refractivity contribution in [3.63, 3.8) is 0 Å². The van der Waals surface area contributed by atoms with E-state index in [1.165, 1.54) is 12.4 Å². The number of benzene rings is 1. The highest BCUT2D eigenvalue weighted by Crippen LogP contribution is 2.21. The highest BCUT2D eigenvalue weighted by atomic mass is 79.9. The van der Waals surface area contributed by atoms with Gasteiger partial charge in [-0.05, 0) is 30.3 Å². The first-order valence-electron chi connectivity index (χ1n) is 6.95. The Morgan fingerprint density at radius 2 is 2.17 bits per heavy atom. The number of hydrazone groups is 1. The highest BCUT2D eigenvalue weighted by Gasteiger charge is 2.08. The minimum Gasteiger partial charge on any atom is -0.496 e. The number of methoxy groups -OCH3 is 1. The van der Waals surface area contributed by atoms with Crippen LogP contribution in [0.5, 0.6) is 5.75 Å². The predicted octanol–water partition coefficient (Wildman–Crippen LogP) is 1.73. The van der Waals surface area contributed by atoms with Crippen molar-refractivity contribution in [1.29, 1.82) is 0 Å². The summed E-state index contributed by atoms with van der Waals surface area (Å²) in [5, 5.41) is 6.31. The summed E-state index contributed by atoms with van der Waals surface area (Å²) in [6.45, 7) is -0.206. The quantitative estimate of drug-likeness (QED) is 0.580. The molecule has 2 amide bonds. The van der Waals surface area contributed by atoms with E-state index in [9.17, 15) is 9.59 Å². The summed E-state index contributed by atoms with van der Waals surface area (Å²) in [5.74, 6) is -0.257. The van der Waals surface area contributed by atoms with E-state index in [1.807, 2.05) is 6.07 Å². The molecule has 0 unspecified atom stereocenters. The van der Waals surface area contributed by atoms with Crippen molar-refractivity contribution >= 4 is 34.0 Å². The number of ether oxygens (including phenoxy) is 1. The summed E-state index contributed by atoms with van der Waals surface area (Å²) >= 11 is 3.35. The Balaban J connectivity index is 1.85. The molecule has 2 rings (SSSR count). The molecule has 1 heterocycles. The Hall–Kier alpha value is -2.74. The first kappa shape index (κ1) is 17.6. The summed E-state index contributed by atoms with van der Waals surface area (Å²) in [4.78, 5) is 27.3. The second kappa shape index (κ2) is 8.78. The standard InChI is InChI=1S/C16H15BrN4O3/c1-24-14-6-5-12(17)8-11(14)9-20-21-15(22)10-19-16(23)13-4-2-3-7-18-13/h2-9H,10H2,1H3,(H,19,23)(H,21,22). The van der Waals surface area contributed by atoms with Crippen molar-refractivity contribution in [3.8, 4) is 5.75 Å². The molecule has 0 aliphatic heterocycles. The third-order valence-electron chi connectivity index (χ3n) is 2.89. The van der Waals surface area contributed by atoms with E-state index in [2.05, 4.69) is 36.8 Å². The first-order chi connectivity index (χ1) is 11.6. The molecule has 0 aliphatic carbocycles. The summed E-state index contributed by atoms with van der Waals surface area (Å²) in [7, 11) is 1.55. The Bertz CT molecular complexity index is 750. The smallest absolute Gasteiger partial charge is 0.270 e. The van der Waals surface area contributed by atoms with Gasteiger partial charge in [-0.15, -0.1) is 0 Å². The molecule has 2 N–H and O–H groups in total. The topological polar surface area (TPSA) is 92.7 Å². The Morgan fingerprint density at radius 1 is 1.33 bits per heavy atom. The number of hydrogen-bond donors (Lipinski definition) is 2. The lowest BCUT2D eigenvalue weighted by Gasteiger charge is -2.05. The lowest BCUT2D eigenvalue weighted by atomic mass is 10.2. The molecular weight excluding hydrogens is 376 g/mol. The molecule has 0 spiro atoms. The largest absolute Gasteiger partial charge is 0.496 e. The predicted molar refractivity (Wildman–Crippen MR) is 93.0 cm³/mol. The average molecular weight is 391 g/mol.